The molecule has 1 aromatic heterocycles. The van der Waals surface area contributed by atoms with Gasteiger partial charge in [-0.1, -0.05) is 17.3 Å². The van der Waals surface area contributed by atoms with Gasteiger partial charge >= 0.3 is 0 Å². The molecule has 2 aromatic rings. The standard InChI is InChI=1S/C14H19N3O3S/c1-10-12(6-4-8-15-10)17-21(18,19)9-13-11-5-2-3-7-14(11)20-16-13/h2-3,5,7,10,12,15,17H,4,6,8-9H2,1H3/t10-,12-/m0/s1. The molecule has 0 aliphatic carbocycles. The van der Waals surface area contributed by atoms with Crippen molar-refractivity contribution in [2.24, 2.45) is 0 Å². The fraction of sp³-hybridized carbons (Fsp3) is 0.500. The summed E-state index contributed by atoms with van der Waals surface area (Å²) in [7, 11) is -3.44. The molecule has 0 amide bonds. The van der Waals surface area contributed by atoms with E-state index in [1.807, 2.05) is 25.1 Å². The van der Waals surface area contributed by atoms with E-state index >= 15 is 0 Å². The van der Waals surface area contributed by atoms with Gasteiger partial charge in [0.2, 0.25) is 10.0 Å². The molecule has 3 rings (SSSR count). The lowest BCUT2D eigenvalue weighted by atomic mass is 10.0. The number of benzene rings is 1. The number of rotatable bonds is 4. The highest BCUT2D eigenvalue weighted by molar-refractivity contribution is 7.88. The number of sulfonamides is 1. The SMILES string of the molecule is C[C@@H]1NCCC[C@@H]1NS(=O)(=O)Cc1noc2ccccc12. The van der Waals surface area contributed by atoms with Gasteiger partial charge in [0, 0.05) is 17.5 Å². The van der Waals surface area contributed by atoms with E-state index in [1.165, 1.54) is 0 Å². The van der Waals surface area contributed by atoms with Crippen LogP contribution < -0.4 is 10.0 Å². The summed E-state index contributed by atoms with van der Waals surface area (Å²) >= 11 is 0. The first-order valence-corrected chi connectivity index (χ1v) is 8.77. The van der Waals surface area contributed by atoms with Crippen LogP contribution in [0.1, 0.15) is 25.5 Å². The Morgan fingerprint density at radius 2 is 2.24 bits per heavy atom. The first-order valence-electron chi connectivity index (χ1n) is 7.12. The van der Waals surface area contributed by atoms with E-state index in [4.69, 9.17) is 4.52 Å². The summed E-state index contributed by atoms with van der Waals surface area (Å²) in [5, 5.41) is 7.91. The first-order chi connectivity index (χ1) is 10.1. The average Bonchev–Trinajstić information content (AvgIpc) is 2.84. The highest BCUT2D eigenvalue weighted by atomic mass is 32.2. The minimum atomic E-state index is -3.44. The minimum Gasteiger partial charge on any atom is -0.356 e. The van der Waals surface area contributed by atoms with Crippen molar-refractivity contribution in [1.29, 1.82) is 0 Å². The third-order valence-corrected chi connectivity index (χ3v) is 5.19. The topological polar surface area (TPSA) is 84.2 Å². The smallest absolute Gasteiger partial charge is 0.217 e. The number of fused-ring (bicyclic) bond motifs is 1. The molecule has 0 unspecified atom stereocenters. The van der Waals surface area contributed by atoms with Crippen molar-refractivity contribution in [1.82, 2.24) is 15.2 Å². The van der Waals surface area contributed by atoms with Crippen LogP contribution in [0, 0.1) is 0 Å². The van der Waals surface area contributed by atoms with Gasteiger partial charge in [0.05, 0.1) is 0 Å². The van der Waals surface area contributed by atoms with Crippen molar-refractivity contribution >= 4 is 21.0 Å². The largest absolute Gasteiger partial charge is 0.356 e. The van der Waals surface area contributed by atoms with Crippen LogP contribution in [0.4, 0.5) is 0 Å². The van der Waals surface area contributed by atoms with E-state index in [9.17, 15) is 8.42 Å². The van der Waals surface area contributed by atoms with E-state index in [2.05, 4.69) is 15.2 Å². The van der Waals surface area contributed by atoms with E-state index in [-0.39, 0.29) is 17.8 Å². The number of aromatic nitrogens is 1. The number of nitrogens with one attached hydrogen (secondary N) is 2. The summed E-state index contributed by atoms with van der Waals surface area (Å²) in [6.45, 7) is 2.94. The fourth-order valence-electron chi connectivity index (χ4n) is 2.70. The van der Waals surface area contributed by atoms with Crippen molar-refractivity contribution in [3.8, 4) is 0 Å². The quantitative estimate of drug-likeness (QED) is 0.891. The van der Waals surface area contributed by atoms with Crippen LogP contribution in [0.2, 0.25) is 0 Å². The molecule has 1 saturated heterocycles. The maximum Gasteiger partial charge on any atom is 0.217 e. The predicted octanol–water partition coefficient (Wildman–Crippen LogP) is 1.39. The van der Waals surface area contributed by atoms with Crippen molar-refractivity contribution in [2.45, 2.75) is 37.6 Å². The Morgan fingerprint density at radius 3 is 3.05 bits per heavy atom. The maximum atomic E-state index is 12.3. The zero-order valence-electron chi connectivity index (χ0n) is 11.9. The van der Waals surface area contributed by atoms with Crippen molar-refractivity contribution < 1.29 is 12.9 Å². The number of hydrogen-bond acceptors (Lipinski definition) is 5. The van der Waals surface area contributed by atoms with E-state index in [0.29, 0.717) is 11.3 Å². The Bertz CT molecular complexity index is 726. The van der Waals surface area contributed by atoms with Crippen LogP contribution in [0.15, 0.2) is 28.8 Å². The highest BCUT2D eigenvalue weighted by Crippen LogP contribution is 2.20. The molecule has 1 aliphatic rings. The normalized spacial score (nSPS) is 23.5. The molecule has 2 N–H and O–H groups in total. The highest BCUT2D eigenvalue weighted by Gasteiger charge is 2.26. The molecule has 21 heavy (non-hydrogen) atoms. The van der Waals surface area contributed by atoms with Crippen LogP contribution >= 0.6 is 0 Å². The zero-order chi connectivity index (χ0) is 14.9. The third kappa shape index (κ3) is 3.25. The predicted molar refractivity (Wildman–Crippen MR) is 80.3 cm³/mol. The maximum absolute atomic E-state index is 12.3. The van der Waals surface area contributed by atoms with Crippen molar-refractivity contribution in [3.05, 3.63) is 30.0 Å². The van der Waals surface area contributed by atoms with E-state index in [1.54, 1.807) is 6.07 Å². The van der Waals surface area contributed by atoms with Gasteiger partial charge in [0.15, 0.2) is 5.58 Å². The van der Waals surface area contributed by atoms with E-state index < -0.39 is 10.0 Å². The number of nitrogens with zero attached hydrogens (tertiary/aromatic N) is 1. The van der Waals surface area contributed by atoms with Crippen LogP contribution in [-0.2, 0) is 15.8 Å². The second-order valence-corrected chi connectivity index (χ2v) is 7.25. The van der Waals surface area contributed by atoms with Crippen molar-refractivity contribution in [3.63, 3.8) is 0 Å². The molecule has 0 spiro atoms. The van der Waals surface area contributed by atoms with Crippen LogP contribution in [0.5, 0.6) is 0 Å². The monoisotopic (exact) mass is 309 g/mol. The van der Waals surface area contributed by atoms with Gasteiger partial charge in [0.25, 0.3) is 0 Å². The first kappa shape index (κ1) is 14.5. The lowest BCUT2D eigenvalue weighted by Gasteiger charge is -2.30. The Labute approximate surface area is 123 Å². The molecule has 1 aliphatic heterocycles. The third-order valence-electron chi connectivity index (χ3n) is 3.87. The molecule has 114 valence electrons. The van der Waals surface area contributed by atoms with Crippen LogP contribution in [-0.4, -0.2) is 32.2 Å². The van der Waals surface area contributed by atoms with Gasteiger partial charge in [-0.25, -0.2) is 13.1 Å². The molecule has 2 atom stereocenters. The molecular weight excluding hydrogens is 290 g/mol. The number of hydrogen-bond donors (Lipinski definition) is 2. The molecule has 0 radical (unpaired) electrons. The summed E-state index contributed by atoms with van der Waals surface area (Å²) in [6.07, 6.45) is 1.83. The van der Waals surface area contributed by atoms with Crippen LogP contribution in [0.3, 0.4) is 0 Å². The van der Waals surface area contributed by atoms with Crippen molar-refractivity contribution in [2.75, 3.05) is 6.54 Å². The van der Waals surface area contributed by atoms with Gasteiger partial charge in [0.1, 0.15) is 11.4 Å². The molecular formula is C14H19N3O3S. The van der Waals surface area contributed by atoms with Gasteiger partial charge < -0.3 is 9.84 Å². The number of piperidine rings is 1. The molecule has 7 heteroatoms. The van der Waals surface area contributed by atoms with Gasteiger partial charge in [-0.3, -0.25) is 0 Å². The Morgan fingerprint density at radius 1 is 1.43 bits per heavy atom. The Kier molecular flexibility index (Phi) is 3.97. The number of para-hydroxylation sites is 1. The lowest BCUT2D eigenvalue weighted by molar-refractivity contribution is 0.348. The second kappa shape index (κ2) is 5.75. The summed E-state index contributed by atoms with van der Waals surface area (Å²) in [4.78, 5) is 0. The van der Waals surface area contributed by atoms with Gasteiger partial charge in [-0.05, 0) is 38.4 Å². The van der Waals surface area contributed by atoms with Gasteiger partial charge in [-0.15, -0.1) is 0 Å². The summed E-state index contributed by atoms with van der Waals surface area (Å²) in [5.74, 6) is -0.159. The lowest BCUT2D eigenvalue weighted by Crippen LogP contribution is -2.52. The molecule has 1 fully saturated rings. The molecule has 1 aromatic carbocycles. The zero-order valence-corrected chi connectivity index (χ0v) is 12.7. The molecule has 6 nitrogen and oxygen atoms in total. The minimum absolute atomic E-state index is 0.0677. The fourth-order valence-corrected chi connectivity index (χ4v) is 4.13. The van der Waals surface area contributed by atoms with E-state index in [0.717, 1.165) is 24.8 Å². The molecule has 2 heterocycles. The van der Waals surface area contributed by atoms with Crippen LogP contribution in [0.25, 0.3) is 11.0 Å². The molecule has 0 bridgehead atoms. The summed E-state index contributed by atoms with van der Waals surface area (Å²) < 4.78 is 32.6. The Balaban J connectivity index is 1.76. The van der Waals surface area contributed by atoms with Gasteiger partial charge in [-0.2, -0.15) is 0 Å². The summed E-state index contributed by atoms with van der Waals surface area (Å²) in [5.41, 5.74) is 1.06. The molecule has 0 saturated carbocycles. The summed E-state index contributed by atoms with van der Waals surface area (Å²) in [6, 6.07) is 7.35. The second-order valence-electron chi connectivity index (χ2n) is 5.49. The average molecular weight is 309 g/mol. The Hall–Kier alpha value is -1.44.